The normalized spacial score (nSPS) is 26.7. The summed E-state index contributed by atoms with van der Waals surface area (Å²) in [4.78, 5) is 17.1. The lowest BCUT2D eigenvalue weighted by Gasteiger charge is -2.34. The van der Waals surface area contributed by atoms with Gasteiger partial charge in [-0.25, -0.2) is 4.39 Å². The van der Waals surface area contributed by atoms with Crippen molar-refractivity contribution in [1.82, 2.24) is 4.98 Å². The third-order valence-electron chi connectivity index (χ3n) is 5.41. The van der Waals surface area contributed by atoms with E-state index in [4.69, 9.17) is 27.9 Å². The van der Waals surface area contributed by atoms with Crippen LogP contribution in [0, 0.1) is 0 Å². The molecule has 0 bridgehead atoms. The van der Waals surface area contributed by atoms with Crippen LogP contribution in [0.4, 0.5) is 4.39 Å². The van der Waals surface area contributed by atoms with E-state index in [1.807, 2.05) is 0 Å². The Morgan fingerprint density at radius 1 is 1.37 bits per heavy atom. The summed E-state index contributed by atoms with van der Waals surface area (Å²) in [6.45, 7) is 0.414. The Balaban J connectivity index is 1.66. The molecule has 0 fully saturated rings. The number of benzene rings is 1. The van der Waals surface area contributed by atoms with Gasteiger partial charge in [-0.05, 0) is 43.4 Å². The predicted molar refractivity (Wildman–Crippen MR) is 100 cm³/mol. The van der Waals surface area contributed by atoms with Gasteiger partial charge in [-0.15, -0.1) is 0 Å². The van der Waals surface area contributed by atoms with Crippen LogP contribution in [-0.2, 0) is 10.5 Å². The van der Waals surface area contributed by atoms with Crippen LogP contribution in [0.15, 0.2) is 30.5 Å². The quantitative estimate of drug-likeness (QED) is 0.782. The number of ketones is 1. The Morgan fingerprint density at radius 2 is 2.19 bits per heavy atom. The molecule has 7 heteroatoms. The number of hydrogen-bond donors (Lipinski definition) is 1. The number of aromatic nitrogens is 1. The van der Waals surface area contributed by atoms with Crippen molar-refractivity contribution in [3.8, 4) is 5.75 Å². The zero-order valence-electron chi connectivity index (χ0n) is 14.4. The molecule has 1 unspecified atom stereocenters. The highest BCUT2D eigenvalue weighted by atomic mass is 35.5. The molecule has 0 amide bonds. The fourth-order valence-corrected chi connectivity index (χ4v) is 4.67. The smallest absolute Gasteiger partial charge is 0.195 e. The first-order valence-electron chi connectivity index (χ1n) is 8.87. The van der Waals surface area contributed by atoms with Crippen LogP contribution in [0.2, 0.25) is 10.0 Å². The van der Waals surface area contributed by atoms with E-state index in [9.17, 15) is 9.90 Å². The molecule has 1 aromatic carbocycles. The summed E-state index contributed by atoms with van der Waals surface area (Å²) < 4.78 is 21.5. The summed E-state index contributed by atoms with van der Waals surface area (Å²) >= 11 is 12.4. The fourth-order valence-electron chi connectivity index (χ4n) is 4.04. The number of fused-ring (bicyclic) bond motifs is 2. The van der Waals surface area contributed by atoms with Gasteiger partial charge in [0.1, 0.15) is 5.75 Å². The third-order valence-corrected chi connectivity index (χ3v) is 5.94. The molecule has 1 aliphatic carbocycles. The lowest BCUT2D eigenvalue weighted by atomic mass is 9.75. The lowest BCUT2D eigenvalue weighted by Crippen LogP contribution is -2.37. The van der Waals surface area contributed by atoms with Gasteiger partial charge in [0.05, 0.1) is 18.4 Å². The number of carbonyl (C=O) groups excluding carboxylic acids is 1. The Hall–Kier alpha value is -1.69. The van der Waals surface area contributed by atoms with Crippen molar-refractivity contribution in [1.29, 1.82) is 0 Å². The molecule has 2 heterocycles. The minimum atomic E-state index is -2.15. The van der Waals surface area contributed by atoms with E-state index in [2.05, 4.69) is 4.98 Å². The van der Waals surface area contributed by atoms with Gasteiger partial charge in [-0.3, -0.25) is 9.78 Å². The van der Waals surface area contributed by atoms with Crippen molar-refractivity contribution < 1.29 is 19.0 Å². The SMILES string of the molecule is O=C(CC1CCOc2cc(Cl)cc(Cl)c21)[C@]1(F)CC[C@H](O)c2ncccc21. The van der Waals surface area contributed by atoms with E-state index < -0.39 is 17.6 Å². The summed E-state index contributed by atoms with van der Waals surface area (Å²) in [5, 5.41) is 11.0. The summed E-state index contributed by atoms with van der Waals surface area (Å²) in [6, 6.07) is 6.39. The molecule has 2 aliphatic rings. The van der Waals surface area contributed by atoms with Crippen molar-refractivity contribution in [2.75, 3.05) is 6.61 Å². The topological polar surface area (TPSA) is 59.4 Å². The van der Waals surface area contributed by atoms with Gasteiger partial charge in [-0.1, -0.05) is 29.3 Å². The maximum absolute atomic E-state index is 15.8. The average Bonchev–Trinajstić information content (AvgIpc) is 2.64. The first kappa shape index (κ1) is 18.7. The zero-order valence-corrected chi connectivity index (χ0v) is 15.9. The van der Waals surface area contributed by atoms with Crippen LogP contribution in [0.3, 0.4) is 0 Å². The second-order valence-electron chi connectivity index (χ2n) is 7.05. The predicted octanol–water partition coefficient (Wildman–Crippen LogP) is 4.91. The van der Waals surface area contributed by atoms with E-state index in [0.29, 0.717) is 34.4 Å². The lowest BCUT2D eigenvalue weighted by molar-refractivity contribution is -0.133. The molecule has 4 nitrogen and oxygen atoms in total. The highest BCUT2D eigenvalue weighted by Crippen LogP contribution is 2.47. The highest BCUT2D eigenvalue weighted by Gasteiger charge is 2.47. The molecule has 0 spiro atoms. The highest BCUT2D eigenvalue weighted by molar-refractivity contribution is 6.35. The van der Waals surface area contributed by atoms with Gasteiger partial charge in [-0.2, -0.15) is 0 Å². The van der Waals surface area contributed by atoms with E-state index in [-0.39, 0.29) is 36.4 Å². The second kappa shape index (κ2) is 7.04. The molecule has 1 aromatic heterocycles. The van der Waals surface area contributed by atoms with Gasteiger partial charge >= 0.3 is 0 Å². The molecule has 142 valence electrons. The number of alkyl halides is 1. The molecule has 3 atom stereocenters. The van der Waals surface area contributed by atoms with E-state index in [1.165, 1.54) is 12.3 Å². The van der Waals surface area contributed by atoms with E-state index in [1.54, 1.807) is 18.2 Å². The molecule has 1 N–H and O–H groups in total. The number of carbonyl (C=O) groups is 1. The molecular formula is C20H18Cl2FNO3. The largest absolute Gasteiger partial charge is 0.493 e. The van der Waals surface area contributed by atoms with Gasteiger partial charge in [0.15, 0.2) is 11.5 Å². The number of halogens is 3. The fraction of sp³-hybridized carbons (Fsp3) is 0.400. The molecular weight excluding hydrogens is 392 g/mol. The summed E-state index contributed by atoms with van der Waals surface area (Å²) in [6.07, 6.45) is 1.31. The van der Waals surface area contributed by atoms with Gasteiger partial charge < -0.3 is 9.84 Å². The molecule has 0 radical (unpaired) electrons. The molecule has 1 aliphatic heterocycles. The molecule has 27 heavy (non-hydrogen) atoms. The Kier molecular flexibility index (Phi) is 4.87. The Bertz CT molecular complexity index is 907. The number of nitrogens with zero attached hydrogens (tertiary/aromatic N) is 1. The summed E-state index contributed by atoms with van der Waals surface area (Å²) in [5.74, 6) is -0.219. The minimum Gasteiger partial charge on any atom is -0.493 e. The minimum absolute atomic E-state index is 0.00135. The summed E-state index contributed by atoms with van der Waals surface area (Å²) in [5.41, 5.74) is -1.04. The molecule has 4 rings (SSSR count). The maximum atomic E-state index is 15.8. The van der Waals surface area contributed by atoms with Crippen LogP contribution in [0.25, 0.3) is 0 Å². The maximum Gasteiger partial charge on any atom is 0.195 e. The molecule has 0 saturated carbocycles. The number of aliphatic hydroxyl groups is 1. The number of hydrogen-bond acceptors (Lipinski definition) is 4. The number of ether oxygens (including phenoxy) is 1. The van der Waals surface area contributed by atoms with Gasteiger partial charge in [0.25, 0.3) is 0 Å². The first-order chi connectivity index (χ1) is 12.9. The third kappa shape index (κ3) is 3.22. The van der Waals surface area contributed by atoms with Crippen molar-refractivity contribution in [2.24, 2.45) is 0 Å². The average molecular weight is 410 g/mol. The van der Waals surface area contributed by atoms with Crippen molar-refractivity contribution in [3.63, 3.8) is 0 Å². The Morgan fingerprint density at radius 3 is 3.00 bits per heavy atom. The number of aliphatic hydroxyl groups excluding tert-OH is 1. The van der Waals surface area contributed by atoms with Crippen LogP contribution >= 0.6 is 23.2 Å². The first-order valence-corrected chi connectivity index (χ1v) is 9.63. The standard InChI is InChI=1S/C20H18Cl2FNO3/c21-12-9-14(22)18-11(4-7-27-16(18)10-12)8-17(26)20(23)5-3-15(25)19-13(20)2-1-6-24-19/h1-2,6,9-11,15,25H,3-5,7-8H2/t11?,15-,20-/m0/s1. The number of pyridine rings is 1. The van der Waals surface area contributed by atoms with Crippen molar-refractivity contribution in [2.45, 2.75) is 43.4 Å². The van der Waals surface area contributed by atoms with Gasteiger partial charge in [0, 0.05) is 33.8 Å². The van der Waals surface area contributed by atoms with Gasteiger partial charge in [0.2, 0.25) is 0 Å². The van der Waals surface area contributed by atoms with Crippen molar-refractivity contribution >= 4 is 29.0 Å². The monoisotopic (exact) mass is 409 g/mol. The number of rotatable bonds is 3. The second-order valence-corrected chi connectivity index (χ2v) is 7.90. The summed E-state index contributed by atoms with van der Waals surface area (Å²) in [7, 11) is 0. The van der Waals surface area contributed by atoms with E-state index >= 15 is 4.39 Å². The van der Waals surface area contributed by atoms with Crippen LogP contribution in [-0.4, -0.2) is 22.5 Å². The zero-order chi connectivity index (χ0) is 19.2. The molecule has 2 aromatic rings. The van der Waals surface area contributed by atoms with Crippen LogP contribution in [0.1, 0.15) is 54.5 Å². The van der Waals surface area contributed by atoms with Crippen LogP contribution < -0.4 is 4.74 Å². The number of Topliss-reactive ketones (excluding diaryl/α,β-unsaturated/α-hetero) is 1. The molecule has 0 saturated heterocycles. The Labute approximate surface area is 166 Å². The van der Waals surface area contributed by atoms with Crippen LogP contribution in [0.5, 0.6) is 5.75 Å². The van der Waals surface area contributed by atoms with E-state index in [0.717, 1.165) is 0 Å². The van der Waals surface area contributed by atoms with Crippen molar-refractivity contribution in [3.05, 3.63) is 57.3 Å².